The molecule has 0 radical (unpaired) electrons. The van der Waals surface area contributed by atoms with Gasteiger partial charge in [0.05, 0.1) is 13.2 Å². The zero-order valence-corrected chi connectivity index (χ0v) is 9.16. The number of carbonyl (C=O) groups excluding carboxylic acids is 1. The SMILES string of the molecule is C/C(N)=C/C(=O)NCCN1CCOCC1. The lowest BCUT2D eigenvalue weighted by Crippen LogP contribution is -2.41. The first-order valence-electron chi connectivity index (χ1n) is 5.20. The van der Waals surface area contributed by atoms with Crippen molar-refractivity contribution < 1.29 is 9.53 Å². The van der Waals surface area contributed by atoms with Gasteiger partial charge in [-0.3, -0.25) is 9.69 Å². The first-order valence-corrected chi connectivity index (χ1v) is 5.20. The van der Waals surface area contributed by atoms with Crippen LogP contribution >= 0.6 is 0 Å². The average Bonchev–Trinajstić information content (AvgIpc) is 2.18. The van der Waals surface area contributed by atoms with Crippen LogP contribution in [0.2, 0.25) is 0 Å². The fourth-order valence-electron chi connectivity index (χ4n) is 1.42. The summed E-state index contributed by atoms with van der Waals surface area (Å²) in [4.78, 5) is 13.5. The molecular formula is C10H19N3O2. The van der Waals surface area contributed by atoms with Crippen molar-refractivity contribution in [3.05, 3.63) is 11.8 Å². The Bertz CT molecular complexity index is 231. The van der Waals surface area contributed by atoms with E-state index in [4.69, 9.17) is 10.5 Å². The van der Waals surface area contributed by atoms with Crippen molar-refractivity contribution in [3.63, 3.8) is 0 Å². The number of nitrogens with two attached hydrogens (primary N) is 1. The lowest BCUT2D eigenvalue weighted by atomic mass is 10.4. The molecule has 0 aromatic carbocycles. The Hall–Kier alpha value is -1.07. The third-order valence-electron chi connectivity index (χ3n) is 2.19. The van der Waals surface area contributed by atoms with Gasteiger partial charge in [-0.15, -0.1) is 0 Å². The predicted molar refractivity (Wildman–Crippen MR) is 58.2 cm³/mol. The third kappa shape index (κ3) is 5.39. The van der Waals surface area contributed by atoms with Crippen molar-refractivity contribution in [3.8, 4) is 0 Å². The maximum absolute atomic E-state index is 11.2. The molecule has 1 saturated heterocycles. The highest BCUT2D eigenvalue weighted by atomic mass is 16.5. The number of rotatable bonds is 4. The number of morpholine rings is 1. The summed E-state index contributed by atoms with van der Waals surface area (Å²) in [5.74, 6) is -0.122. The zero-order valence-electron chi connectivity index (χ0n) is 9.16. The van der Waals surface area contributed by atoms with E-state index in [9.17, 15) is 4.79 Å². The van der Waals surface area contributed by atoms with Crippen molar-refractivity contribution >= 4 is 5.91 Å². The van der Waals surface area contributed by atoms with Gasteiger partial charge in [-0.25, -0.2) is 0 Å². The van der Waals surface area contributed by atoms with E-state index in [1.54, 1.807) is 6.92 Å². The summed E-state index contributed by atoms with van der Waals surface area (Å²) in [5, 5.41) is 2.78. The number of ether oxygens (including phenoxy) is 1. The van der Waals surface area contributed by atoms with Crippen LogP contribution in [0.15, 0.2) is 11.8 Å². The molecule has 0 bridgehead atoms. The minimum atomic E-state index is -0.122. The molecular weight excluding hydrogens is 194 g/mol. The lowest BCUT2D eigenvalue weighted by molar-refractivity contribution is -0.116. The first-order chi connectivity index (χ1) is 7.18. The summed E-state index contributed by atoms with van der Waals surface area (Å²) in [6, 6.07) is 0. The molecule has 1 aliphatic heterocycles. The van der Waals surface area contributed by atoms with Gasteiger partial charge in [-0.2, -0.15) is 0 Å². The van der Waals surface area contributed by atoms with Gasteiger partial charge in [0.2, 0.25) is 5.91 Å². The number of carbonyl (C=O) groups is 1. The van der Waals surface area contributed by atoms with Crippen molar-refractivity contribution in [2.24, 2.45) is 5.73 Å². The van der Waals surface area contributed by atoms with Crippen LogP contribution in [0.5, 0.6) is 0 Å². The highest BCUT2D eigenvalue weighted by Gasteiger charge is 2.09. The summed E-state index contributed by atoms with van der Waals surface area (Å²) in [6.07, 6.45) is 1.40. The second-order valence-electron chi connectivity index (χ2n) is 3.63. The van der Waals surface area contributed by atoms with Crippen LogP contribution in [0.25, 0.3) is 0 Å². The van der Waals surface area contributed by atoms with E-state index in [1.807, 2.05) is 0 Å². The van der Waals surface area contributed by atoms with Gasteiger partial charge in [-0.05, 0) is 6.92 Å². The number of amides is 1. The number of hydrogen-bond acceptors (Lipinski definition) is 4. The van der Waals surface area contributed by atoms with Crippen LogP contribution < -0.4 is 11.1 Å². The maximum Gasteiger partial charge on any atom is 0.245 e. The molecule has 0 aromatic heterocycles. The van der Waals surface area contributed by atoms with E-state index in [1.165, 1.54) is 6.08 Å². The molecule has 3 N–H and O–H groups in total. The number of nitrogens with zero attached hydrogens (tertiary/aromatic N) is 1. The summed E-state index contributed by atoms with van der Waals surface area (Å²) in [6.45, 7) is 6.69. The van der Waals surface area contributed by atoms with E-state index in [-0.39, 0.29) is 5.91 Å². The quantitative estimate of drug-likeness (QED) is 0.606. The van der Waals surface area contributed by atoms with Gasteiger partial charge in [0.15, 0.2) is 0 Å². The molecule has 0 aromatic rings. The van der Waals surface area contributed by atoms with E-state index < -0.39 is 0 Å². The number of allylic oxidation sites excluding steroid dienone is 1. The molecule has 0 saturated carbocycles. The predicted octanol–water partition coefficient (Wildman–Crippen LogP) is -0.703. The van der Waals surface area contributed by atoms with Crippen LogP contribution in [0, 0.1) is 0 Å². The summed E-state index contributed by atoms with van der Waals surface area (Å²) in [7, 11) is 0. The molecule has 15 heavy (non-hydrogen) atoms. The first kappa shape index (κ1) is 12.0. The topological polar surface area (TPSA) is 67.6 Å². The van der Waals surface area contributed by atoms with Gasteiger partial charge in [0.1, 0.15) is 0 Å². The molecule has 0 atom stereocenters. The largest absolute Gasteiger partial charge is 0.402 e. The lowest BCUT2D eigenvalue weighted by Gasteiger charge is -2.26. The van der Waals surface area contributed by atoms with Crippen molar-refractivity contribution in [2.75, 3.05) is 39.4 Å². The van der Waals surface area contributed by atoms with Crippen LogP contribution in [-0.2, 0) is 9.53 Å². The van der Waals surface area contributed by atoms with Crippen molar-refractivity contribution in [1.29, 1.82) is 0 Å². The highest BCUT2D eigenvalue weighted by molar-refractivity contribution is 5.87. The summed E-state index contributed by atoms with van der Waals surface area (Å²) >= 11 is 0. The van der Waals surface area contributed by atoms with Gasteiger partial charge < -0.3 is 15.8 Å². The maximum atomic E-state index is 11.2. The molecule has 0 unspecified atom stereocenters. The Morgan fingerprint density at radius 3 is 2.80 bits per heavy atom. The Labute approximate surface area is 90.3 Å². The highest BCUT2D eigenvalue weighted by Crippen LogP contribution is 1.94. The normalized spacial score (nSPS) is 18.9. The second kappa shape index (κ2) is 6.42. The number of hydrogen-bond donors (Lipinski definition) is 2. The Morgan fingerprint density at radius 1 is 1.53 bits per heavy atom. The van der Waals surface area contributed by atoms with Crippen LogP contribution in [0.4, 0.5) is 0 Å². The molecule has 0 aliphatic carbocycles. The van der Waals surface area contributed by atoms with Crippen LogP contribution in [0.3, 0.4) is 0 Å². The summed E-state index contributed by atoms with van der Waals surface area (Å²) in [5.41, 5.74) is 5.91. The van der Waals surface area contributed by atoms with E-state index in [0.717, 1.165) is 32.8 Å². The van der Waals surface area contributed by atoms with Crippen molar-refractivity contribution in [2.45, 2.75) is 6.92 Å². The van der Waals surface area contributed by atoms with E-state index in [0.29, 0.717) is 12.2 Å². The molecule has 0 spiro atoms. The third-order valence-corrected chi connectivity index (χ3v) is 2.19. The van der Waals surface area contributed by atoms with E-state index >= 15 is 0 Å². The fourth-order valence-corrected chi connectivity index (χ4v) is 1.42. The minimum Gasteiger partial charge on any atom is -0.402 e. The molecule has 86 valence electrons. The Morgan fingerprint density at radius 2 is 2.20 bits per heavy atom. The van der Waals surface area contributed by atoms with Crippen LogP contribution in [0.1, 0.15) is 6.92 Å². The fraction of sp³-hybridized carbons (Fsp3) is 0.700. The zero-order chi connectivity index (χ0) is 11.1. The molecule has 5 nitrogen and oxygen atoms in total. The average molecular weight is 213 g/mol. The monoisotopic (exact) mass is 213 g/mol. The molecule has 1 amide bonds. The molecule has 1 heterocycles. The molecule has 1 fully saturated rings. The van der Waals surface area contributed by atoms with Gasteiger partial charge in [0.25, 0.3) is 0 Å². The summed E-state index contributed by atoms with van der Waals surface area (Å²) < 4.78 is 5.22. The molecule has 1 rings (SSSR count). The standard InChI is InChI=1S/C10H19N3O2/c1-9(11)8-10(14)12-2-3-13-4-6-15-7-5-13/h8H,2-7,11H2,1H3,(H,12,14)/b9-8-. The van der Waals surface area contributed by atoms with Gasteiger partial charge >= 0.3 is 0 Å². The second-order valence-corrected chi connectivity index (χ2v) is 3.63. The molecule has 5 heteroatoms. The Kier molecular flexibility index (Phi) is 5.14. The Balaban J connectivity index is 2.10. The smallest absolute Gasteiger partial charge is 0.245 e. The molecule has 1 aliphatic rings. The van der Waals surface area contributed by atoms with Crippen LogP contribution in [-0.4, -0.2) is 50.2 Å². The minimum absolute atomic E-state index is 0.122. The van der Waals surface area contributed by atoms with Crippen molar-refractivity contribution in [1.82, 2.24) is 10.2 Å². The number of nitrogens with one attached hydrogen (secondary N) is 1. The van der Waals surface area contributed by atoms with Gasteiger partial charge in [-0.1, -0.05) is 0 Å². The van der Waals surface area contributed by atoms with E-state index in [2.05, 4.69) is 10.2 Å². The van der Waals surface area contributed by atoms with Gasteiger partial charge in [0, 0.05) is 38.0 Å².